The zero-order valence-corrected chi connectivity index (χ0v) is 16.3. The monoisotopic (exact) mass is 388 g/mol. The molecule has 4 aromatic rings. The van der Waals surface area contributed by atoms with Gasteiger partial charge in [0.2, 0.25) is 0 Å². The van der Waals surface area contributed by atoms with Gasteiger partial charge in [-0.15, -0.1) is 0 Å². The Morgan fingerprint density at radius 1 is 1.14 bits per heavy atom. The topological polar surface area (TPSA) is 89.1 Å². The van der Waals surface area contributed by atoms with Crippen LogP contribution >= 0.6 is 0 Å². The highest BCUT2D eigenvalue weighted by Gasteiger charge is 2.23. The van der Waals surface area contributed by atoms with Gasteiger partial charge in [-0.05, 0) is 19.1 Å². The van der Waals surface area contributed by atoms with Gasteiger partial charge in [0.25, 0.3) is 5.91 Å². The van der Waals surface area contributed by atoms with Crippen LogP contribution in [0.3, 0.4) is 0 Å². The molecule has 0 bridgehead atoms. The second-order valence-electron chi connectivity index (χ2n) is 6.69. The van der Waals surface area contributed by atoms with Gasteiger partial charge in [0.1, 0.15) is 29.2 Å². The Kier molecular flexibility index (Phi) is 4.82. The Hall–Kier alpha value is -3.94. The molecule has 1 amide bonds. The fraction of sp³-hybridized carbons (Fsp3) is 0.143. The molecule has 0 aliphatic carbocycles. The summed E-state index contributed by atoms with van der Waals surface area (Å²) in [6.07, 6.45) is 5.17. The molecular weight excluding hydrogens is 368 g/mol. The summed E-state index contributed by atoms with van der Waals surface area (Å²) < 4.78 is 7.11. The van der Waals surface area contributed by atoms with Gasteiger partial charge in [-0.25, -0.2) is 9.97 Å². The lowest BCUT2D eigenvalue weighted by molar-refractivity contribution is 0.102. The molecular formula is C21H20N6O2. The number of hydrogen-bond donors (Lipinski definition) is 1. The summed E-state index contributed by atoms with van der Waals surface area (Å²) in [5.41, 5.74) is 2.31. The van der Waals surface area contributed by atoms with Crippen molar-refractivity contribution in [2.45, 2.75) is 6.92 Å². The molecule has 0 aliphatic rings. The summed E-state index contributed by atoms with van der Waals surface area (Å²) in [5.74, 6) is 1.48. The van der Waals surface area contributed by atoms with E-state index in [9.17, 15) is 4.79 Å². The Bertz CT molecular complexity index is 1130. The maximum absolute atomic E-state index is 13.1. The van der Waals surface area contributed by atoms with Crippen LogP contribution in [0.1, 0.15) is 16.1 Å². The van der Waals surface area contributed by atoms with Crippen LogP contribution in [0.5, 0.6) is 0 Å². The number of nitrogens with zero attached hydrogens (tertiary/aromatic N) is 5. The lowest BCUT2D eigenvalue weighted by atomic mass is 10.1. The summed E-state index contributed by atoms with van der Waals surface area (Å²) in [4.78, 5) is 23.6. The Morgan fingerprint density at radius 3 is 2.62 bits per heavy atom. The first kappa shape index (κ1) is 18.4. The quantitative estimate of drug-likeness (QED) is 0.562. The van der Waals surface area contributed by atoms with Crippen molar-refractivity contribution in [1.29, 1.82) is 0 Å². The van der Waals surface area contributed by atoms with Crippen LogP contribution in [-0.2, 0) is 0 Å². The largest absolute Gasteiger partial charge is 0.361 e. The smallest absolute Gasteiger partial charge is 0.261 e. The van der Waals surface area contributed by atoms with Gasteiger partial charge in [-0.2, -0.15) is 0 Å². The average Bonchev–Trinajstić information content (AvgIpc) is 3.38. The minimum Gasteiger partial charge on any atom is -0.361 e. The van der Waals surface area contributed by atoms with E-state index >= 15 is 0 Å². The molecule has 8 nitrogen and oxygen atoms in total. The van der Waals surface area contributed by atoms with E-state index in [1.54, 1.807) is 24.0 Å². The molecule has 0 saturated heterocycles. The Labute approximate surface area is 167 Å². The van der Waals surface area contributed by atoms with Crippen molar-refractivity contribution < 1.29 is 9.32 Å². The third-order valence-corrected chi connectivity index (χ3v) is 4.44. The first-order chi connectivity index (χ1) is 14.0. The molecule has 4 rings (SSSR count). The lowest BCUT2D eigenvalue weighted by Crippen LogP contribution is -2.19. The summed E-state index contributed by atoms with van der Waals surface area (Å²) in [5, 5.41) is 7.03. The predicted molar refractivity (Wildman–Crippen MR) is 110 cm³/mol. The zero-order valence-electron chi connectivity index (χ0n) is 16.3. The molecule has 29 heavy (non-hydrogen) atoms. The lowest BCUT2D eigenvalue weighted by Gasteiger charge is -2.18. The van der Waals surface area contributed by atoms with E-state index in [4.69, 9.17) is 4.52 Å². The number of anilines is 2. The van der Waals surface area contributed by atoms with Crippen molar-refractivity contribution in [3.63, 3.8) is 0 Å². The maximum Gasteiger partial charge on any atom is 0.261 e. The van der Waals surface area contributed by atoms with Crippen molar-refractivity contribution in [3.05, 3.63) is 72.5 Å². The number of aromatic nitrogens is 4. The van der Waals surface area contributed by atoms with E-state index in [0.717, 1.165) is 5.56 Å². The molecule has 0 fully saturated rings. The molecule has 0 aliphatic heterocycles. The minimum atomic E-state index is -0.303. The summed E-state index contributed by atoms with van der Waals surface area (Å²) in [7, 11) is 3.74. The van der Waals surface area contributed by atoms with Gasteiger partial charge < -0.3 is 14.7 Å². The van der Waals surface area contributed by atoms with E-state index < -0.39 is 0 Å². The van der Waals surface area contributed by atoms with Gasteiger partial charge in [0.15, 0.2) is 5.82 Å². The Balaban J connectivity index is 1.68. The number of nitrogens with one attached hydrogen (secondary N) is 1. The average molecular weight is 388 g/mol. The molecule has 1 aromatic carbocycles. The number of imidazole rings is 1. The number of carbonyl (C=O) groups excluding carboxylic acids is 1. The second kappa shape index (κ2) is 7.59. The predicted octanol–water partition coefficient (Wildman–Crippen LogP) is 3.55. The molecule has 0 radical (unpaired) electrons. The van der Waals surface area contributed by atoms with Crippen molar-refractivity contribution in [2.24, 2.45) is 0 Å². The van der Waals surface area contributed by atoms with Crippen LogP contribution in [-0.4, -0.2) is 39.7 Å². The van der Waals surface area contributed by atoms with Crippen LogP contribution in [0.2, 0.25) is 0 Å². The number of benzene rings is 1. The van der Waals surface area contributed by atoms with Crippen molar-refractivity contribution in [3.8, 4) is 17.1 Å². The fourth-order valence-corrected chi connectivity index (χ4v) is 3.03. The second-order valence-corrected chi connectivity index (χ2v) is 6.69. The van der Waals surface area contributed by atoms with Gasteiger partial charge in [-0.1, -0.05) is 35.5 Å². The van der Waals surface area contributed by atoms with Gasteiger partial charge in [-0.3, -0.25) is 9.36 Å². The van der Waals surface area contributed by atoms with Crippen molar-refractivity contribution >= 4 is 17.4 Å². The first-order valence-electron chi connectivity index (χ1n) is 9.04. The number of carbonyl (C=O) groups is 1. The Morgan fingerprint density at radius 2 is 1.93 bits per heavy atom. The summed E-state index contributed by atoms with van der Waals surface area (Å²) in [6.45, 7) is 1.72. The number of rotatable bonds is 5. The van der Waals surface area contributed by atoms with E-state index in [-0.39, 0.29) is 5.91 Å². The SMILES string of the molecule is Cc1onc(-c2ccccc2)c1C(=O)Nc1ccc(-n2ccnc2)nc1N(C)C. The molecule has 0 atom stereocenters. The van der Waals surface area contributed by atoms with E-state index in [1.165, 1.54) is 0 Å². The molecule has 0 unspecified atom stereocenters. The highest BCUT2D eigenvalue weighted by molar-refractivity contribution is 6.09. The molecule has 8 heteroatoms. The van der Waals surface area contributed by atoms with Crippen LogP contribution in [0, 0.1) is 6.92 Å². The molecule has 1 N–H and O–H groups in total. The number of pyridine rings is 1. The van der Waals surface area contributed by atoms with Crippen LogP contribution in [0.25, 0.3) is 17.1 Å². The highest BCUT2D eigenvalue weighted by Crippen LogP contribution is 2.28. The first-order valence-corrected chi connectivity index (χ1v) is 9.04. The third-order valence-electron chi connectivity index (χ3n) is 4.44. The number of aryl methyl sites for hydroxylation is 1. The van der Waals surface area contributed by atoms with Crippen LogP contribution < -0.4 is 10.2 Å². The fourth-order valence-electron chi connectivity index (χ4n) is 3.03. The maximum atomic E-state index is 13.1. The van der Waals surface area contributed by atoms with Crippen LogP contribution in [0.4, 0.5) is 11.5 Å². The van der Waals surface area contributed by atoms with Gasteiger partial charge in [0.05, 0.1) is 5.69 Å². The molecule has 0 saturated carbocycles. The van der Waals surface area contributed by atoms with E-state index in [1.807, 2.05) is 67.7 Å². The number of hydrogen-bond acceptors (Lipinski definition) is 6. The molecule has 3 heterocycles. The summed E-state index contributed by atoms with van der Waals surface area (Å²) in [6, 6.07) is 13.1. The van der Waals surface area contributed by atoms with E-state index in [2.05, 4.69) is 20.4 Å². The highest BCUT2D eigenvalue weighted by atomic mass is 16.5. The van der Waals surface area contributed by atoms with Crippen molar-refractivity contribution in [2.75, 3.05) is 24.3 Å². The molecule has 146 valence electrons. The van der Waals surface area contributed by atoms with Gasteiger partial charge in [0, 0.05) is 32.1 Å². The normalized spacial score (nSPS) is 10.7. The third kappa shape index (κ3) is 3.60. The number of amides is 1. The molecule has 0 spiro atoms. The van der Waals surface area contributed by atoms with Crippen molar-refractivity contribution in [1.82, 2.24) is 19.7 Å². The van der Waals surface area contributed by atoms with Gasteiger partial charge >= 0.3 is 0 Å². The zero-order chi connectivity index (χ0) is 20.4. The molecule has 3 aromatic heterocycles. The van der Waals surface area contributed by atoms with E-state index in [0.29, 0.717) is 34.3 Å². The van der Waals surface area contributed by atoms with Crippen LogP contribution in [0.15, 0.2) is 65.7 Å². The minimum absolute atomic E-state index is 0.303. The standard InChI is InChI=1S/C21H20N6O2/c1-14-18(19(25-29-14)15-7-5-4-6-8-15)21(28)23-16-9-10-17(24-20(16)26(2)3)27-12-11-22-13-27/h4-13H,1-3H3,(H,23,28). The summed E-state index contributed by atoms with van der Waals surface area (Å²) >= 11 is 0.